The summed E-state index contributed by atoms with van der Waals surface area (Å²) in [5.74, 6) is 0.997. The van der Waals surface area contributed by atoms with E-state index in [4.69, 9.17) is 4.74 Å². The number of aldehydes is 1. The third-order valence-electron chi connectivity index (χ3n) is 3.05. The van der Waals surface area contributed by atoms with E-state index in [0.717, 1.165) is 22.8 Å². The minimum Gasteiger partial charge on any atom is -0.438 e. The van der Waals surface area contributed by atoms with Gasteiger partial charge in [0.2, 0.25) is 5.88 Å². The second-order valence-electron chi connectivity index (χ2n) is 4.61. The van der Waals surface area contributed by atoms with Gasteiger partial charge in [-0.05, 0) is 37.3 Å². The van der Waals surface area contributed by atoms with Crippen molar-refractivity contribution < 1.29 is 9.53 Å². The summed E-state index contributed by atoms with van der Waals surface area (Å²) in [7, 11) is 0. The summed E-state index contributed by atoms with van der Waals surface area (Å²) in [4.78, 5) is 15.7. The molecule has 3 rings (SSSR count). The van der Waals surface area contributed by atoms with E-state index in [2.05, 4.69) is 4.98 Å². The van der Waals surface area contributed by atoms with Crippen LogP contribution in [0.4, 0.5) is 0 Å². The number of aromatic nitrogens is 1. The lowest BCUT2D eigenvalue weighted by molar-refractivity contribution is 0.112. The molecule has 0 aliphatic rings. The standard InChI is InChI=1S/C17H13NO2/c1-12-7-8-16-13(9-12)10-14(11-19)17(18-16)20-15-5-3-2-4-6-15/h2-11H,1H3. The summed E-state index contributed by atoms with van der Waals surface area (Å²) < 4.78 is 5.70. The SMILES string of the molecule is Cc1ccc2nc(Oc3ccccc3)c(C=O)cc2c1. The molecule has 3 nitrogen and oxygen atoms in total. The van der Waals surface area contributed by atoms with Gasteiger partial charge in [0.1, 0.15) is 5.75 Å². The van der Waals surface area contributed by atoms with Gasteiger partial charge in [0.15, 0.2) is 6.29 Å². The van der Waals surface area contributed by atoms with E-state index in [-0.39, 0.29) is 0 Å². The highest BCUT2D eigenvalue weighted by atomic mass is 16.5. The summed E-state index contributed by atoms with van der Waals surface area (Å²) in [5, 5.41) is 0.938. The molecule has 98 valence electrons. The van der Waals surface area contributed by atoms with Crippen molar-refractivity contribution in [2.45, 2.75) is 6.92 Å². The normalized spacial score (nSPS) is 10.4. The summed E-state index contributed by atoms with van der Waals surface area (Å²) >= 11 is 0. The van der Waals surface area contributed by atoms with Crippen LogP contribution >= 0.6 is 0 Å². The maximum Gasteiger partial charge on any atom is 0.230 e. The predicted molar refractivity (Wildman–Crippen MR) is 78.4 cm³/mol. The first-order valence-electron chi connectivity index (χ1n) is 6.36. The lowest BCUT2D eigenvalue weighted by Gasteiger charge is -2.08. The molecular formula is C17H13NO2. The highest BCUT2D eigenvalue weighted by molar-refractivity contribution is 5.89. The number of fused-ring (bicyclic) bond motifs is 1. The van der Waals surface area contributed by atoms with Gasteiger partial charge in [0.05, 0.1) is 11.1 Å². The van der Waals surface area contributed by atoms with Crippen molar-refractivity contribution in [1.29, 1.82) is 0 Å². The van der Waals surface area contributed by atoms with Crippen LogP contribution in [-0.2, 0) is 0 Å². The highest BCUT2D eigenvalue weighted by Gasteiger charge is 2.09. The molecule has 3 heteroatoms. The molecule has 0 N–H and O–H groups in total. The second kappa shape index (κ2) is 5.13. The van der Waals surface area contributed by atoms with Crippen LogP contribution in [0.2, 0.25) is 0 Å². The molecule has 0 atom stereocenters. The lowest BCUT2D eigenvalue weighted by Crippen LogP contribution is -1.95. The van der Waals surface area contributed by atoms with E-state index < -0.39 is 0 Å². The van der Waals surface area contributed by atoms with Crippen molar-refractivity contribution in [2.75, 3.05) is 0 Å². The second-order valence-corrected chi connectivity index (χ2v) is 4.61. The topological polar surface area (TPSA) is 39.2 Å². The van der Waals surface area contributed by atoms with Crippen LogP contribution in [0, 0.1) is 6.92 Å². The molecule has 1 aromatic heterocycles. The zero-order valence-corrected chi connectivity index (χ0v) is 11.0. The maximum absolute atomic E-state index is 11.2. The molecule has 0 spiro atoms. The molecule has 3 aromatic rings. The largest absolute Gasteiger partial charge is 0.438 e. The van der Waals surface area contributed by atoms with Crippen molar-refractivity contribution in [3.63, 3.8) is 0 Å². The number of rotatable bonds is 3. The smallest absolute Gasteiger partial charge is 0.230 e. The monoisotopic (exact) mass is 263 g/mol. The Morgan fingerprint density at radius 2 is 1.85 bits per heavy atom. The average Bonchev–Trinajstić information content (AvgIpc) is 2.48. The minimum absolute atomic E-state index is 0.336. The first-order chi connectivity index (χ1) is 9.76. The Kier molecular flexibility index (Phi) is 3.17. The van der Waals surface area contributed by atoms with Crippen LogP contribution in [0.25, 0.3) is 10.9 Å². The van der Waals surface area contributed by atoms with Crippen LogP contribution in [-0.4, -0.2) is 11.3 Å². The van der Waals surface area contributed by atoms with Crippen molar-refractivity contribution in [1.82, 2.24) is 4.98 Å². The average molecular weight is 263 g/mol. The summed E-state index contributed by atoms with van der Waals surface area (Å²) in [5.41, 5.74) is 2.40. The van der Waals surface area contributed by atoms with Gasteiger partial charge in [-0.3, -0.25) is 4.79 Å². The molecule has 0 aliphatic heterocycles. The number of aryl methyl sites for hydroxylation is 1. The van der Waals surface area contributed by atoms with Crippen LogP contribution in [0.5, 0.6) is 11.6 Å². The van der Waals surface area contributed by atoms with Crippen LogP contribution in [0.1, 0.15) is 15.9 Å². The first kappa shape index (κ1) is 12.4. The third-order valence-corrected chi connectivity index (χ3v) is 3.05. The van der Waals surface area contributed by atoms with Gasteiger partial charge < -0.3 is 4.74 Å². The van der Waals surface area contributed by atoms with Crippen molar-refractivity contribution >= 4 is 17.2 Å². The number of benzene rings is 2. The highest BCUT2D eigenvalue weighted by Crippen LogP contribution is 2.26. The number of pyridine rings is 1. The van der Waals surface area contributed by atoms with Crippen LogP contribution < -0.4 is 4.74 Å². The third kappa shape index (κ3) is 2.38. The molecule has 0 saturated heterocycles. The van der Waals surface area contributed by atoms with E-state index >= 15 is 0 Å². The van der Waals surface area contributed by atoms with Gasteiger partial charge in [0, 0.05) is 5.39 Å². The van der Waals surface area contributed by atoms with Gasteiger partial charge in [-0.2, -0.15) is 0 Å². The number of hydrogen-bond donors (Lipinski definition) is 0. The number of para-hydroxylation sites is 1. The first-order valence-corrected chi connectivity index (χ1v) is 6.36. The Hall–Kier alpha value is -2.68. The zero-order chi connectivity index (χ0) is 13.9. The van der Waals surface area contributed by atoms with Crippen molar-refractivity contribution in [2.24, 2.45) is 0 Å². The van der Waals surface area contributed by atoms with Gasteiger partial charge in [0.25, 0.3) is 0 Å². The van der Waals surface area contributed by atoms with Gasteiger partial charge in [-0.1, -0.05) is 29.8 Å². The molecule has 0 saturated carbocycles. The van der Waals surface area contributed by atoms with E-state index in [1.807, 2.05) is 55.5 Å². The van der Waals surface area contributed by atoms with Crippen LogP contribution in [0.3, 0.4) is 0 Å². The number of carbonyl (C=O) groups excluding carboxylic acids is 1. The van der Waals surface area contributed by atoms with E-state index in [1.54, 1.807) is 6.07 Å². The Morgan fingerprint density at radius 1 is 1.05 bits per heavy atom. The zero-order valence-electron chi connectivity index (χ0n) is 11.0. The molecule has 0 fully saturated rings. The minimum atomic E-state index is 0.336. The van der Waals surface area contributed by atoms with Gasteiger partial charge in [-0.15, -0.1) is 0 Å². The molecule has 0 radical (unpaired) electrons. The molecule has 0 amide bonds. The van der Waals surface area contributed by atoms with Crippen LogP contribution in [0.15, 0.2) is 54.6 Å². The van der Waals surface area contributed by atoms with Crippen molar-refractivity contribution in [3.8, 4) is 11.6 Å². The summed E-state index contributed by atoms with van der Waals surface area (Å²) in [6.45, 7) is 2.01. The molecular weight excluding hydrogens is 250 g/mol. The Balaban J connectivity index is 2.10. The number of ether oxygens (including phenoxy) is 1. The fraction of sp³-hybridized carbons (Fsp3) is 0.0588. The Bertz CT molecular complexity index is 767. The van der Waals surface area contributed by atoms with E-state index in [0.29, 0.717) is 17.2 Å². The van der Waals surface area contributed by atoms with Gasteiger partial charge in [-0.25, -0.2) is 4.98 Å². The Labute approximate surface area is 116 Å². The summed E-state index contributed by atoms with van der Waals surface area (Å²) in [6.07, 6.45) is 0.771. The van der Waals surface area contributed by atoms with E-state index in [9.17, 15) is 4.79 Å². The molecule has 2 aromatic carbocycles. The molecule has 0 unspecified atom stereocenters. The van der Waals surface area contributed by atoms with Gasteiger partial charge >= 0.3 is 0 Å². The Morgan fingerprint density at radius 3 is 2.60 bits per heavy atom. The molecule has 0 aliphatic carbocycles. The molecule has 1 heterocycles. The number of hydrogen-bond acceptors (Lipinski definition) is 3. The molecule has 0 bridgehead atoms. The fourth-order valence-corrected chi connectivity index (χ4v) is 2.06. The number of carbonyl (C=O) groups is 1. The summed E-state index contributed by atoms with van der Waals surface area (Å²) in [6, 6.07) is 17.0. The maximum atomic E-state index is 11.2. The fourth-order valence-electron chi connectivity index (χ4n) is 2.06. The predicted octanol–water partition coefficient (Wildman–Crippen LogP) is 4.15. The van der Waals surface area contributed by atoms with Crippen molar-refractivity contribution in [3.05, 3.63) is 65.7 Å². The number of nitrogens with zero attached hydrogens (tertiary/aromatic N) is 1. The lowest BCUT2D eigenvalue weighted by atomic mass is 10.1. The quantitative estimate of drug-likeness (QED) is 0.666. The van der Waals surface area contributed by atoms with E-state index in [1.165, 1.54) is 0 Å². The molecule has 20 heavy (non-hydrogen) atoms.